The van der Waals surface area contributed by atoms with Gasteiger partial charge in [-0.05, 0) is 13.3 Å². The molecule has 0 heterocycles. The lowest BCUT2D eigenvalue weighted by molar-refractivity contribution is -0.144. The summed E-state index contributed by atoms with van der Waals surface area (Å²) in [7, 11) is -3.06. The first kappa shape index (κ1) is 11.2. The van der Waals surface area contributed by atoms with Crippen molar-refractivity contribution in [2.24, 2.45) is 0 Å². The van der Waals surface area contributed by atoms with E-state index in [1.807, 2.05) is 5.92 Å². The number of alkyl halides is 1. The van der Waals surface area contributed by atoms with Gasteiger partial charge < -0.3 is 9.30 Å². The average molecular weight is 192 g/mol. The standard InChI is InChI=1S/C7H10FO3P/c1-4-5-11-7(9)6(8)12(2,3)10/h1,6H,5H2,2-3H3. The molecule has 0 radical (unpaired) electrons. The van der Waals surface area contributed by atoms with Crippen LogP contribution < -0.4 is 0 Å². The van der Waals surface area contributed by atoms with Gasteiger partial charge in [-0.15, -0.1) is 6.42 Å². The highest BCUT2D eigenvalue weighted by molar-refractivity contribution is 7.63. The fourth-order valence-corrected chi connectivity index (χ4v) is 1.02. The Balaban J connectivity index is 4.14. The molecule has 0 fully saturated rings. The van der Waals surface area contributed by atoms with Gasteiger partial charge in [0.05, 0.1) is 0 Å². The molecule has 68 valence electrons. The molecule has 0 N–H and O–H groups in total. The first-order chi connectivity index (χ1) is 5.39. The summed E-state index contributed by atoms with van der Waals surface area (Å²) in [5.41, 5.74) is 0. The highest BCUT2D eigenvalue weighted by Crippen LogP contribution is 2.43. The Bertz CT molecular complexity index is 250. The van der Waals surface area contributed by atoms with Gasteiger partial charge in [0, 0.05) is 0 Å². The average Bonchev–Trinajstić information content (AvgIpc) is 1.97. The molecule has 1 unspecified atom stereocenters. The van der Waals surface area contributed by atoms with Crippen LogP contribution in [0.1, 0.15) is 0 Å². The number of carbonyl (C=O) groups is 1. The van der Waals surface area contributed by atoms with Gasteiger partial charge >= 0.3 is 5.97 Å². The number of terminal acetylenes is 1. The van der Waals surface area contributed by atoms with Crippen LogP contribution in [0.25, 0.3) is 0 Å². The maximum atomic E-state index is 12.8. The van der Waals surface area contributed by atoms with Gasteiger partial charge in [0.1, 0.15) is 7.14 Å². The maximum Gasteiger partial charge on any atom is 0.349 e. The Kier molecular flexibility index (Phi) is 3.99. The van der Waals surface area contributed by atoms with Crippen LogP contribution >= 0.6 is 7.14 Å². The van der Waals surface area contributed by atoms with E-state index in [1.54, 1.807) is 0 Å². The van der Waals surface area contributed by atoms with E-state index in [0.29, 0.717) is 0 Å². The molecule has 0 rings (SSSR count). The lowest BCUT2D eigenvalue weighted by Crippen LogP contribution is -2.18. The molecule has 12 heavy (non-hydrogen) atoms. The second kappa shape index (κ2) is 4.27. The third kappa shape index (κ3) is 3.54. The number of rotatable bonds is 3. The first-order valence-electron chi connectivity index (χ1n) is 3.18. The summed E-state index contributed by atoms with van der Waals surface area (Å²) in [4.78, 5) is 10.7. The predicted molar refractivity (Wildman–Crippen MR) is 44.1 cm³/mol. The Hall–Kier alpha value is -0.810. The van der Waals surface area contributed by atoms with Crippen molar-refractivity contribution < 1.29 is 18.5 Å². The van der Waals surface area contributed by atoms with Crippen LogP contribution in [0.3, 0.4) is 0 Å². The van der Waals surface area contributed by atoms with Crippen molar-refractivity contribution >= 4 is 13.1 Å². The molecule has 0 saturated heterocycles. The van der Waals surface area contributed by atoms with Crippen molar-refractivity contribution in [2.75, 3.05) is 19.9 Å². The van der Waals surface area contributed by atoms with Crippen LogP contribution in [0.4, 0.5) is 4.39 Å². The zero-order chi connectivity index (χ0) is 9.78. The second-order valence-corrected chi connectivity index (χ2v) is 5.90. The third-order valence-electron chi connectivity index (χ3n) is 1.04. The first-order valence-corrected chi connectivity index (χ1v) is 5.85. The molecule has 0 aromatic rings. The smallest absolute Gasteiger partial charge is 0.349 e. The van der Waals surface area contributed by atoms with Gasteiger partial charge in [0.2, 0.25) is 5.91 Å². The molecule has 0 saturated carbocycles. The quantitative estimate of drug-likeness (QED) is 0.381. The summed E-state index contributed by atoms with van der Waals surface area (Å²) >= 11 is 0. The molecule has 0 aromatic heterocycles. The minimum absolute atomic E-state index is 0.292. The summed E-state index contributed by atoms with van der Waals surface area (Å²) in [6.07, 6.45) is 4.77. The van der Waals surface area contributed by atoms with Crippen molar-refractivity contribution in [3.63, 3.8) is 0 Å². The fraction of sp³-hybridized carbons (Fsp3) is 0.571. The van der Waals surface area contributed by atoms with Crippen molar-refractivity contribution in [1.82, 2.24) is 0 Å². The minimum atomic E-state index is -3.06. The predicted octanol–water partition coefficient (Wildman–Crippen LogP) is 1.08. The summed E-state index contributed by atoms with van der Waals surface area (Å²) in [6, 6.07) is 0. The Morgan fingerprint density at radius 3 is 2.58 bits per heavy atom. The number of hydrogen-bond donors (Lipinski definition) is 0. The van der Waals surface area contributed by atoms with Gasteiger partial charge in [0.25, 0.3) is 0 Å². The Morgan fingerprint density at radius 1 is 1.75 bits per heavy atom. The summed E-state index contributed by atoms with van der Waals surface area (Å²) in [6.45, 7) is 2.06. The molecular weight excluding hydrogens is 182 g/mol. The SMILES string of the molecule is C#CCOC(=O)C(F)P(C)(C)=O. The third-order valence-corrected chi connectivity index (χ3v) is 2.34. The van der Waals surface area contributed by atoms with Crippen LogP contribution in [0.15, 0.2) is 0 Å². The molecule has 0 spiro atoms. The maximum absolute atomic E-state index is 12.8. The van der Waals surface area contributed by atoms with E-state index in [9.17, 15) is 13.8 Å². The molecule has 0 aliphatic heterocycles. The van der Waals surface area contributed by atoms with Crippen LogP contribution in [0.5, 0.6) is 0 Å². The summed E-state index contributed by atoms with van der Waals surface area (Å²) in [5, 5.41) is 0. The number of esters is 1. The van der Waals surface area contributed by atoms with Gasteiger partial charge in [-0.1, -0.05) is 5.92 Å². The molecule has 0 aliphatic rings. The van der Waals surface area contributed by atoms with Crippen LogP contribution in [0, 0.1) is 12.3 Å². The molecule has 5 heteroatoms. The second-order valence-electron chi connectivity index (χ2n) is 2.58. The zero-order valence-electron chi connectivity index (χ0n) is 6.91. The highest BCUT2D eigenvalue weighted by Gasteiger charge is 2.31. The van der Waals surface area contributed by atoms with Crippen molar-refractivity contribution in [2.45, 2.75) is 5.91 Å². The van der Waals surface area contributed by atoms with Crippen molar-refractivity contribution in [3.8, 4) is 12.3 Å². The topological polar surface area (TPSA) is 43.4 Å². The van der Waals surface area contributed by atoms with Gasteiger partial charge in [-0.2, -0.15) is 0 Å². The minimum Gasteiger partial charge on any atom is -0.450 e. The van der Waals surface area contributed by atoms with Crippen LogP contribution in [0.2, 0.25) is 0 Å². The number of ether oxygens (including phenoxy) is 1. The molecule has 3 nitrogen and oxygen atoms in total. The van der Waals surface area contributed by atoms with Gasteiger partial charge in [-0.25, -0.2) is 9.18 Å². The molecule has 1 atom stereocenters. The van der Waals surface area contributed by atoms with E-state index in [2.05, 4.69) is 4.74 Å². The Morgan fingerprint density at radius 2 is 2.25 bits per heavy atom. The van der Waals surface area contributed by atoms with E-state index < -0.39 is 19.0 Å². The van der Waals surface area contributed by atoms with Crippen LogP contribution in [-0.2, 0) is 14.1 Å². The lowest BCUT2D eigenvalue weighted by atomic mass is 10.7. The fourth-order valence-electron chi connectivity index (χ4n) is 0.435. The lowest BCUT2D eigenvalue weighted by Gasteiger charge is -2.10. The summed E-state index contributed by atoms with van der Waals surface area (Å²) in [5.74, 6) is -1.21. The van der Waals surface area contributed by atoms with Gasteiger partial charge in [0.15, 0.2) is 6.61 Å². The summed E-state index contributed by atoms with van der Waals surface area (Å²) < 4.78 is 28.1. The van der Waals surface area contributed by atoms with E-state index >= 15 is 0 Å². The monoisotopic (exact) mass is 192 g/mol. The van der Waals surface area contributed by atoms with E-state index in [4.69, 9.17) is 6.42 Å². The number of hydrogen-bond acceptors (Lipinski definition) is 3. The molecule has 0 aliphatic carbocycles. The van der Waals surface area contributed by atoms with Gasteiger partial charge in [-0.3, -0.25) is 0 Å². The van der Waals surface area contributed by atoms with Crippen LogP contribution in [-0.4, -0.2) is 31.8 Å². The zero-order valence-corrected chi connectivity index (χ0v) is 7.81. The van der Waals surface area contributed by atoms with Crippen molar-refractivity contribution in [3.05, 3.63) is 0 Å². The Labute approximate surface area is 70.7 Å². The highest BCUT2D eigenvalue weighted by atomic mass is 31.2. The molecule has 0 bridgehead atoms. The van der Waals surface area contributed by atoms with E-state index in [-0.39, 0.29) is 6.61 Å². The number of halogens is 1. The van der Waals surface area contributed by atoms with E-state index in [1.165, 1.54) is 13.3 Å². The normalized spacial score (nSPS) is 13.2. The molecule has 0 aromatic carbocycles. The molecular formula is C7H10FO3P. The van der Waals surface area contributed by atoms with Crippen molar-refractivity contribution in [1.29, 1.82) is 0 Å². The number of carbonyl (C=O) groups excluding carboxylic acids is 1. The van der Waals surface area contributed by atoms with E-state index in [0.717, 1.165) is 0 Å². The largest absolute Gasteiger partial charge is 0.450 e. The molecule has 0 amide bonds.